The van der Waals surface area contributed by atoms with Crippen LogP contribution in [0.4, 0.5) is 0 Å². The van der Waals surface area contributed by atoms with Gasteiger partial charge in [-0.25, -0.2) is 0 Å². The van der Waals surface area contributed by atoms with Crippen LogP contribution in [0.3, 0.4) is 0 Å². The molecule has 0 N–H and O–H groups in total. The number of amides is 1. The van der Waals surface area contributed by atoms with E-state index >= 15 is 0 Å². The van der Waals surface area contributed by atoms with Gasteiger partial charge >= 0.3 is 0 Å². The quantitative estimate of drug-likeness (QED) is 0.661. The number of morpholine rings is 1. The number of thiophene rings is 1. The maximum Gasteiger partial charge on any atom is 0.264 e. The van der Waals surface area contributed by atoms with Gasteiger partial charge in [0.1, 0.15) is 0 Å². The van der Waals surface area contributed by atoms with Gasteiger partial charge in [0.15, 0.2) is 0 Å². The summed E-state index contributed by atoms with van der Waals surface area (Å²) in [5.41, 5.74) is 2.56. The van der Waals surface area contributed by atoms with Crippen molar-refractivity contribution in [2.24, 2.45) is 0 Å². The van der Waals surface area contributed by atoms with Crippen LogP contribution in [0.15, 0.2) is 48.8 Å². The molecule has 1 aromatic carbocycles. The van der Waals surface area contributed by atoms with Crippen LogP contribution in [0.5, 0.6) is 0 Å². The Labute approximate surface area is 174 Å². The molecule has 2 fully saturated rings. The standard InChI is InChI=1S/C23H25N3O2S/c27-23(26-11-13-28-14-12-26)22-21(19-3-1-2-4-20(19)29-22)18-7-10-25(16-18)15-17-5-8-24-9-6-17/h1-6,8-9,18H,7,10-16H2/t18-/m1/s1. The zero-order valence-corrected chi connectivity index (χ0v) is 17.2. The molecule has 6 heteroatoms. The maximum atomic E-state index is 13.4. The molecule has 4 heterocycles. The fourth-order valence-corrected chi connectivity index (χ4v) is 5.76. The number of likely N-dealkylation sites (tertiary alicyclic amines) is 1. The normalized spacial score (nSPS) is 20.4. The van der Waals surface area contributed by atoms with Crippen LogP contribution in [-0.4, -0.2) is 60.1 Å². The Bertz CT molecular complexity index is 998. The molecule has 29 heavy (non-hydrogen) atoms. The van der Waals surface area contributed by atoms with Crippen LogP contribution >= 0.6 is 11.3 Å². The molecule has 0 saturated carbocycles. The number of nitrogens with zero attached hydrogens (tertiary/aromatic N) is 3. The number of benzene rings is 1. The van der Waals surface area contributed by atoms with Crippen molar-refractivity contribution in [2.45, 2.75) is 18.9 Å². The second-order valence-electron chi connectivity index (χ2n) is 7.82. The summed E-state index contributed by atoms with van der Waals surface area (Å²) in [6.45, 7) is 5.63. The van der Waals surface area contributed by atoms with E-state index in [0.717, 1.165) is 30.9 Å². The second-order valence-corrected chi connectivity index (χ2v) is 8.87. The van der Waals surface area contributed by atoms with Crippen LogP contribution in [0.25, 0.3) is 10.1 Å². The molecule has 1 amide bonds. The number of carbonyl (C=O) groups excluding carboxylic acids is 1. The molecule has 2 aromatic heterocycles. The summed E-state index contributed by atoms with van der Waals surface area (Å²) in [7, 11) is 0. The monoisotopic (exact) mass is 407 g/mol. The van der Waals surface area contributed by atoms with Crippen molar-refractivity contribution >= 4 is 27.3 Å². The van der Waals surface area contributed by atoms with Crippen molar-refractivity contribution < 1.29 is 9.53 Å². The van der Waals surface area contributed by atoms with Crippen molar-refractivity contribution in [3.63, 3.8) is 0 Å². The van der Waals surface area contributed by atoms with E-state index in [1.807, 2.05) is 17.3 Å². The average Bonchev–Trinajstić information content (AvgIpc) is 3.38. The van der Waals surface area contributed by atoms with E-state index in [2.05, 4.69) is 46.3 Å². The minimum atomic E-state index is 0.178. The number of pyridine rings is 1. The summed E-state index contributed by atoms with van der Waals surface area (Å²) in [6.07, 6.45) is 4.80. The van der Waals surface area contributed by atoms with Crippen molar-refractivity contribution in [3.05, 3.63) is 64.8 Å². The highest BCUT2D eigenvalue weighted by molar-refractivity contribution is 7.21. The first-order valence-corrected chi connectivity index (χ1v) is 11.1. The second kappa shape index (κ2) is 8.22. The molecular formula is C23H25N3O2S. The molecule has 3 aromatic rings. The molecule has 5 rings (SSSR count). The van der Waals surface area contributed by atoms with Crippen LogP contribution in [0.2, 0.25) is 0 Å². The van der Waals surface area contributed by atoms with Gasteiger partial charge in [0.25, 0.3) is 5.91 Å². The summed E-state index contributed by atoms with van der Waals surface area (Å²) >= 11 is 1.66. The van der Waals surface area contributed by atoms with Gasteiger partial charge < -0.3 is 9.64 Å². The molecule has 2 saturated heterocycles. The molecular weight excluding hydrogens is 382 g/mol. The van der Waals surface area contributed by atoms with Gasteiger partial charge in [-0.05, 0) is 47.7 Å². The summed E-state index contributed by atoms with van der Waals surface area (Å²) < 4.78 is 6.66. The van der Waals surface area contributed by atoms with E-state index in [4.69, 9.17) is 4.74 Å². The number of rotatable bonds is 4. The maximum absolute atomic E-state index is 13.4. The molecule has 2 aliphatic rings. The molecule has 0 spiro atoms. The number of fused-ring (bicyclic) bond motifs is 1. The van der Waals surface area contributed by atoms with Gasteiger partial charge in [0.2, 0.25) is 0 Å². The number of aromatic nitrogens is 1. The first kappa shape index (κ1) is 18.7. The summed E-state index contributed by atoms with van der Waals surface area (Å²) in [5, 5.41) is 1.25. The number of hydrogen-bond acceptors (Lipinski definition) is 5. The third kappa shape index (κ3) is 3.80. The topological polar surface area (TPSA) is 45.7 Å². The lowest BCUT2D eigenvalue weighted by Gasteiger charge is -2.27. The fourth-order valence-electron chi connectivity index (χ4n) is 4.50. The van der Waals surface area contributed by atoms with Crippen molar-refractivity contribution in [2.75, 3.05) is 39.4 Å². The Morgan fingerprint density at radius 3 is 2.72 bits per heavy atom. The third-order valence-corrected chi connectivity index (χ3v) is 7.14. The zero-order chi connectivity index (χ0) is 19.6. The van der Waals surface area contributed by atoms with Gasteiger partial charge in [-0.15, -0.1) is 11.3 Å². The van der Waals surface area contributed by atoms with E-state index in [-0.39, 0.29) is 5.91 Å². The first-order valence-electron chi connectivity index (χ1n) is 10.3. The molecule has 0 aliphatic carbocycles. The van der Waals surface area contributed by atoms with E-state index < -0.39 is 0 Å². The minimum Gasteiger partial charge on any atom is -0.378 e. The first-order chi connectivity index (χ1) is 14.3. The lowest BCUT2D eigenvalue weighted by atomic mass is 9.94. The summed E-state index contributed by atoms with van der Waals surface area (Å²) in [6, 6.07) is 12.6. The number of ether oxygens (including phenoxy) is 1. The predicted octanol–water partition coefficient (Wildman–Crippen LogP) is 3.76. The number of hydrogen-bond donors (Lipinski definition) is 0. The van der Waals surface area contributed by atoms with E-state index in [0.29, 0.717) is 32.2 Å². The van der Waals surface area contributed by atoms with Crippen molar-refractivity contribution in [1.29, 1.82) is 0 Å². The third-order valence-electron chi connectivity index (χ3n) is 5.96. The smallest absolute Gasteiger partial charge is 0.264 e. The Balaban J connectivity index is 1.43. The Kier molecular flexibility index (Phi) is 5.31. The van der Waals surface area contributed by atoms with Gasteiger partial charge in [-0.2, -0.15) is 0 Å². The summed E-state index contributed by atoms with van der Waals surface area (Å²) in [5.74, 6) is 0.574. The van der Waals surface area contributed by atoms with Crippen LogP contribution in [-0.2, 0) is 11.3 Å². The molecule has 1 atom stereocenters. The number of carbonyl (C=O) groups is 1. The lowest BCUT2D eigenvalue weighted by Crippen LogP contribution is -2.40. The van der Waals surface area contributed by atoms with E-state index in [9.17, 15) is 4.79 Å². The molecule has 0 unspecified atom stereocenters. The van der Waals surface area contributed by atoms with E-state index in [1.165, 1.54) is 21.2 Å². The highest BCUT2D eigenvalue weighted by atomic mass is 32.1. The SMILES string of the molecule is O=C(c1sc2ccccc2c1[C@@H]1CCN(Cc2ccncc2)C1)N1CCOCC1. The Morgan fingerprint density at radius 2 is 1.90 bits per heavy atom. The molecule has 5 nitrogen and oxygen atoms in total. The van der Waals surface area contributed by atoms with Crippen molar-refractivity contribution in [1.82, 2.24) is 14.8 Å². The predicted molar refractivity (Wildman–Crippen MR) is 115 cm³/mol. The minimum absolute atomic E-state index is 0.178. The average molecular weight is 408 g/mol. The molecule has 2 aliphatic heterocycles. The van der Waals surface area contributed by atoms with Gasteiger partial charge in [-0.3, -0.25) is 14.7 Å². The van der Waals surface area contributed by atoms with Crippen molar-refractivity contribution in [3.8, 4) is 0 Å². The molecule has 0 radical (unpaired) electrons. The Morgan fingerprint density at radius 1 is 1.10 bits per heavy atom. The van der Waals surface area contributed by atoms with Crippen LogP contribution < -0.4 is 0 Å². The van der Waals surface area contributed by atoms with Gasteiger partial charge in [-0.1, -0.05) is 18.2 Å². The van der Waals surface area contributed by atoms with Gasteiger partial charge in [0.05, 0.1) is 18.1 Å². The van der Waals surface area contributed by atoms with E-state index in [1.54, 1.807) is 11.3 Å². The zero-order valence-electron chi connectivity index (χ0n) is 16.4. The van der Waals surface area contributed by atoms with Gasteiger partial charge in [0, 0.05) is 49.2 Å². The highest BCUT2D eigenvalue weighted by Crippen LogP contribution is 2.41. The largest absolute Gasteiger partial charge is 0.378 e. The fraction of sp³-hybridized carbons (Fsp3) is 0.391. The lowest BCUT2D eigenvalue weighted by molar-refractivity contribution is 0.0305. The molecule has 150 valence electrons. The Hall–Kier alpha value is -2.28. The summed E-state index contributed by atoms with van der Waals surface area (Å²) in [4.78, 5) is 22.9. The van der Waals surface area contributed by atoms with Crippen LogP contribution in [0.1, 0.15) is 33.1 Å². The van der Waals surface area contributed by atoms with Crippen LogP contribution in [0, 0.1) is 0 Å². The highest BCUT2D eigenvalue weighted by Gasteiger charge is 2.32. The molecule has 0 bridgehead atoms.